The number of hydrogen-bond donors (Lipinski definition) is 4. The SMILES string of the molecule is N#C[C@@H]1CCOC[C@H]1n1cc(C(N)O)c(Nc2ccc3c(c2)C(Cl)=CB(O)O3)n1. The van der Waals surface area contributed by atoms with Crippen LogP contribution in [0.4, 0.5) is 11.5 Å². The molecule has 2 aliphatic rings. The van der Waals surface area contributed by atoms with Gasteiger partial charge in [0.2, 0.25) is 0 Å². The first-order chi connectivity index (χ1) is 14.0. The van der Waals surface area contributed by atoms with Crippen molar-refractivity contribution in [3.63, 3.8) is 0 Å². The minimum absolute atomic E-state index is 0.240. The van der Waals surface area contributed by atoms with E-state index in [1.54, 1.807) is 29.1 Å². The molecule has 1 aromatic heterocycles. The Hall–Kier alpha value is -2.55. The Morgan fingerprint density at radius 1 is 1.48 bits per heavy atom. The zero-order chi connectivity index (χ0) is 20.5. The molecular weight excluding hydrogens is 396 g/mol. The van der Waals surface area contributed by atoms with Crippen molar-refractivity contribution >= 4 is 35.3 Å². The van der Waals surface area contributed by atoms with Gasteiger partial charge in [0.1, 0.15) is 12.0 Å². The molecule has 4 rings (SSSR count). The molecule has 1 saturated heterocycles. The third kappa shape index (κ3) is 3.96. The van der Waals surface area contributed by atoms with Crippen LogP contribution in [0.5, 0.6) is 5.75 Å². The van der Waals surface area contributed by atoms with Crippen molar-refractivity contribution in [3.8, 4) is 11.8 Å². The molecule has 0 radical (unpaired) electrons. The number of halogens is 1. The molecular formula is C18H19BClN5O4. The summed E-state index contributed by atoms with van der Waals surface area (Å²) in [6, 6.07) is 7.17. The Kier molecular flexibility index (Phi) is 5.49. The third-order valence-electron chi connectivity index (χ3n) is 4.95. The van der Waals surface area contributed by atoms with Crippen molar-refractivity contribution in [3.05, 3.63) is 41.5 Å². The topological polar surface area (TPSA) is 139 Å². The lowest BCUT2D eigenvalue weighted by Crippen LogP contribution is -2.29. The number of ether oxygens (including phenoxy) is 1. The normalized spacial score (nSPS) is 22.2. The Bertz CT molecular complexity index is 989. The number of aliphatic hydroxyl groups excluding tert-OH is 1. The first-order valence-corrected chi connectivity index (χ1v) is 9.47. The largest absolute Gasteiger partial charge is 0.553 e. The van der Waals surface area contributed by atoms with Crippen LogP contribution >= 0.6 is 11.6 Å². The Morgan fingerprint density at radius 2 is 2.31 bits per heavy atom. The molecule has 2 aliphatic heterocycles. The van der Waals surface area contributed by atoms with E-state index in [9.17, 15) is 15.4 Å². The van der Waals surface area contributed by atoms with Crippen LogP contribution in [-0.4, -0.2) is 40.2 Å². The molecule has 0 bridgehead atoms. The van der Waals surface area contributed by atoms with Crippen LogP contribution in [-0.2, 0) is 4.74 Å². The van der Waals surface area contributed by atoms with Gasteiger partial charge in [0.05, 0.1) is 30.2 Å². The third-order valence-corrected chi connectivity index (χ3v) is 5.28. The molecule has 0 amide bonds. The predicted molar refractivity (Wildman–Crippen MR) is 107 cm³/mol. The van der Waals surface area contributed by atoms with Gasteiger partial charge in [-0.15, -0.1) is 0 Å². The lowest BCUT2D eigenvalue weighted by molar-refractivity contribution is 0.0341. The van der Waals surface area contributed by atoms with Gasteiger partial charge in [0.15, 0.2) is 5.82 Å². The van der Waals surface area contributed by atoms with E-state index < -0.39 is 13.3 Å². The lowest BCUT2D eigenvalue weighted by atomic mass is 9.86. The van der Waals surface area contributed by atoms with Gasteiger partial charge < -0.3 is 30.6 Å². The van der Waals surface area contributed by atoms with E-state index in [2.05, 4.69) is 16.5 Å². The van der Waals surface area contributed by atoms with E-state index >= 15 is 0 Å². The fraction of sp³-hybridized carbons (Fsp3) is 0.333. The van der Waals surface area contributed by atoms with Crippen LogP contribution in [0.15, 0.2) is 30.4 Å². The van der Waals surface area contributed by atoms with Crippen LogP contribution in [0.3, 0.4) is 0 Å². The van der Waals surface area contributed by atoms with Crippen LogP contribution in [0.1, 0.15) is 29.8 Å². The minimum atomic E-state index is -1.25. The Morgan fingerprint density at radius 3 is 3.07 bits per heavy atom. The van der Waals surface area contributed by atoms with Crippen LogP contribution < -0.4 is 15.7 Å². The second kappa shape index (κ2) is 8.06. The maximum Gasteiger partial charge on any atom is 0.553 e. The highest BCUT2D eigenvalue weighted by Crippen LogP contribution is 2.36. The quantitative estimate of drug-likeness (QED) is 0.437. The summed E-state index contributed by atoms with van der Waals surface area (Å²) in [6.45, 7) is 0.895. The number of nitrogens with zero attached hydrogens (tertiary/aromatic N) is 3. The fourth-order valence-electron chi connectivity index (χ4n) is 3.44. The molecule has 150 valence electrons. The number of rotatable bonds is 4. The number of anilines is 2. The summed E-state index contributed by atoms with van der Waals surface area (Å²) in [5.74, 6) is 1.97. The number of benzene rings is 1. The second-order valence-electron chi connectivity index (χ2n) is 6.88. The second-order valence-corrected chi connectivity index (χ2v) is 7.29. The zero-order valence-electron chi connectivity index (χ0n) is 15.3. The molecule has 3 heterocycles. The molecule has 0 saturated carbocycles. The molecule has 1 aromatic carbocycles. The zero-order valence-corrected chi connectivity index (χ0v) is 16.1. The summed E-state index contributed by atoms with van der Waals surface area (Å²) in [4.78, 5) is 0. The molecule has 0 aliphatic carbocycles. The van der Waals surface area contributed by atoms with Crippen LogP contribution in [0, 0.1) is 17.2 Å². The van der Waals surface area contributed by atoms with Gasteiger partial charge in [-0.3, -0.25) is 4.68 Å². The van der Waals surface area contributed by atoms with Gasteiger partial charge in [-0.1, -0.05) is 11.6 Å². The lowest BCUT2D eigenvalue weighted by Gasteiger charge is -2.27. The number of nitriles is 1. The molecule has 3 atom stereocenters. The number of hydrogen-bond acceptors (Lipinski definition) is 8. The summed E-state index contributed by atoms with van der Waals surface area (Å²) in [7, 11) is -1.09. The summed E-state index contributed by atoms with van der Waals surface area (Å²) >= 11 is 6.21. The van der Waals surface area contributed by atoms with Crippen molar-refractivity contribution in [1.29, 1.82) is 5.26 Å². The smallest absolute Gasteiger partial charge is 0.532 e. The van der Waals surface area contributed by atoms with E-state index in [4.69, 9.17) is 26.7 Å². The molecule has 1 unspecified atom stereocenters. The molecule has 5 N–H and O–H groups in total. The van der Waals surface area contributed by atoms with Crippen molar-refractivity contribution < 1.29 is 19.5 Å². The summed E-state index contributed by atoms with van der Waals surface area (Å²) in [5, 5.41) is 37.0. The summed E-state index contributed by atoms with van der Waals surface area (Å²) in [6.07, 6.45) is 0.989. The number of nitrogens with two attached hydrogens (primary N) is 1. The van der Waals surface area contributed by atoms with Gasteiger partial charge in [0.25, 0.3) is 0 Å². The van der Waals surface area contributed by atoms with E-state index in [1.165, 1.54) is 5.98 Å². The van der Waals surface area contributed by atoms with Crippen LogP contribution in [0.25, 0.3) is 5.03 Å². The monoisotopic (exact) mass is 415 g/mol. The number of fused-ring (bicyclic) bond motifs is 1. The average molecular weight is 416 g/mol. The molecule has 9 nitrogen and oxygen atoms in total. The highest BCUT2D eigenvalue weighted by Gasteiger charge is 2.30. The number of aliphatic hydroxyl groups is 1. The van der Waals surface area contributed by atoms with E-state index in [0.29, 0.717) is 53.0 Å². The van der Waals surface area contributed by atoms with Crippen molar-refractivity contribution in [1.82, 2.24) is 9.78 Å². The fourth-order valence-corrected chi connectivity index (χ4v) is 3.69. The van der Waals surface area contributed by atoms with Gasteiger partial charge in [0, 0.05) is 29.1 Å². The van der Waals surface area contributed by atoms with Gasteiger partial charge in [-0.25, -0.2) is 0 Å². The predicted octanol–water partition coefficient (Wildman–Crippen LogP) is 1.67. The summed E-state index contributed by atoms with van der Waals surface area (Å²) < 4.78 is 12.4. The molecule has 2 aromatic rings. The van der Waals surface area contributed by atoms with Gasteiger partial charge >= 0.3 is 7.12 Å². The Labute approximate surface area is 172 Å². The first kappa shape index (κ1) is 19.8. The maximum atomic E-state index is 9.99. The highest BCUT2D eigenvalue weighted by atomic mass is 35.5. The van der Waals surface area contributed by atoms with Gasteiger partial charge in [-0.2, -0.15) is 10.4 Å². The average Bonchev–Trinajstić information content (AvgIpc) is 3.12. The number of aromatic nitrogens is 2. The van der Waals surface area contributed by atoms with Crippen molar-refractivity contribution in [2.24, 2.45) is 11.7 Å². The maximum absolute atomic E-state index is 9.99. The van der Waals surface area contributed by atoms with Crippen LogP contribution in [0.2, 0.25) is 0 Å². The van der Waals surface area contributed by atoms with Gasteiger partial charge in [-0.05, 0) is 30.6 Å². The minimum Gasteiger partial charge on any atom is -0.532 e. The molecule has 1 fully saturated rings. The first-order valence-electron chi connectivity index (χ1n) is 9.10. The van der Waals surface area contributed by atoms with E-state index in [-0.39, 0.29) is 12.0 Å². The van der Waals surface area contributed by atoms with Crippen molar-refractivity contribution in [2.75, 3.05) is 18.5 Å². The molecule has 11 heteroatoms. The Balaban J connectivity index is 1.64. The number of nitrogens with one attached hydrogen (secondary N) is 1. The summed E-state index contributed by atoms with van der Waals surface area (Å²) in [5.41, 5.74) is 7.35. The highest BCUT2D eigenvalue weighted by molar-refractivity contribution is 6.61. The van der Waals surface area contributed by atoms with E-state index in [0.717, 1.165) is 0 Å². The molecule has 29 heavy (non-hydrogen) atoms. The van der Waals surface area contributed by atoms with Crippen molar-refractivity contribution in [2.45, 2.75) is 18.7 Å². The standard InChI is InChI=1S/C18H19BClN5O4/c20-14-6-19(27)29-16-2-1-11(5-12(14)16)23-18-13(17(22)26)8-25(24-18)15-9-28-4-3-10(15)7-21/h1-2,5-6,8,10,15,17,26-27H,3-4,9,22H2,(H,23,24)/t10-,15+,17?/m0/s1. The molecule has 0 spiro atoms. The van der Waals surface area contributed by atoms with E-state index in [1.807, 2.05) is 0 Å².